The van der Waals surface area contributed by atoms with Gasteiger partial charge in [-0.2, -0.15) is 0 Å². The molecule has 0 aromatic heterocycles. The van der Waals surface area contributed by atoms with Crippen LogP contribution in [0.4, 0.5) is 0 Å². The summed E-state index contributed by atoms with van der Waals surface area (Å²) < 4.78 is 0. The first-order chi connectivity index (χ1) is 5.86. The number of thioether (sulfide) groups is 1. The van der Waals surface area contributed by atoms with Gasteiger partial charge in [0.15, 0.2) is 4.83 Å². The van der Waals surface area contributed by atoms with Crippen molar-refractivity contribution in [2.45, 2.75) is 4.83 Å². The predicted octanol–water partition coefficient (Wildman–Crippen LogP) is 2.84. The summed E-state index contributed by atoms with van der Waals surface area (Å²) in [5.74, 6) is 0. The molecule has 1 aromatic rings. The lowest BCUT2D eigenvalue weighted by molar-refractivity contribution is 1.02. The number of rotatable bonds is 1. The maximum absolute atomic E-state index is 5.86. The summed E-state index contributed by atoms with van der Waals surface area (Å²) in [4.78, 5) is 1.19. The van der Waals surface area contributed by atoms with Crippen molar-refractivity contribution in [3.8, 4) is 0 Å². The molecule has 1 N–H and O–H groups in total. The van der Waals surface area contributed by atoms with Crippen LogP contribution in [0.25, 0.3) is 4.91 Å². The van der Waals surface area contributed by atoms with Gasteiger partial charge in [-0.05, 0) is 5.56 Å². The highest BCUT2D eigenvalue weighted by atomic mass is 35.5. The standard InChI is InChI=1S/C9H8ClNS/c10-9-11-6-8(12-9)7-4-2-1-3-5-7/h1-6,9,11H. The molecule has 1 heterocycles. The van der Waals surface area contributed by atoms with Crippen LogP contribution in [0.1, 0.15) is 5.56 Å². The fourth-order valence-electron chi connectivity index (χ4n) is 1.07. The number of hydrogen-bond acceptors (Lipinski definition) is 2. The molecule has 0 amide bonds. The minimum Gasteiger partial charge on any atom is -0.366 e. The third kappa shape index (κ3) is 1.59. The van der Waals surface area contributed by atoms with Gasteiger partial charge in [0.05, 0.1) is 0 Å². The summed E-state index contributed by atoms with van der Waals surface area (Å²) in [6.07, 6.45) is 1.96. The Hall–Kier alpha value is -0.600. The molecule has 0 saturated carbocycles. The highest BCUT2D eigenvalue weighted by molar-refractivity contribution is 8.10. The van der Waals surface area contributed by atoms with Gasteiger partial charge in [0, 0.05) is 11.1 Å². The molecule has 1 nitrogen and oxygen atoms in total. The molecule has 0 bridgehead atoms. The number of alkyl halides is 1. The van der Waals surface area contributed by atoms with Gasteiger partial charge in [0.2, 0.25) is 0 Å². The average molecular weight is 198 g/mol. The minimum atomic E-state index is -0.0137. The predicted molar refractivity (Wildman–Crippen MR) is 54.8 cm³/mol. The van der Waals surface area contributed by atoms with Crippen LogP contribution >= 0.6 is 23.4 Å². The van der Waals surface area contributed by atoms with E-state index in [1.54, 1.807) is 11.8 Å². The zero-order valence-corrected chi connectivity index (χ0v) is 7.90. The van der Waals surface area contributed by atoms with Crippen molar-refractivity contribution in [3.63, 3.8) is 0 Å². The molecule has 12 heavy (non-hydrogen) atoms. The fourth-order valence-corrected chi connectivity index (χ4v) is 2.19. The van der Waals surface area contributed by atoms with Gasteiger partial charge in [-0.25, -0.2) is 0 Å². The molecule has 1 unspecified atom stereocenters. The molecule has 1 aliphatic heterocycles. The van der Waals surface area contributed by atoms with E-state index in [4.69, 9.17) is 11.6 Å². The van der Waals surface area contributed by atoms with E-state index in [2.05, 4.69) is 17.4 Å². The average Bonchev–Trinajstić information content (AvgIpc) is 2.54. The first-order valence-electron chi connectivity index (χ1n) is 3.68. The van der Waals surface area contributed by atoms with Crippen molar-refractivity contribution >= 4 is 28.3 Å². The van der Waals surface area contributed by atoms with Crippen LogP contribution in [0, 0.1) is 0 Å². The van der Waals surface area contributed by atoms with Gasteiger partial charge in [-0.3, -0.25) is 0 Å². The van der Waals surface area contributed by atoms with Crippen LogP contribution in [0.2, 0.25) is 0 Å². The highest BCUT2D eigenvalue weighted by Crippen LogP contribution is 2.35. The minimum absolute atomic E-state index is 0.0137. The van der Waals surface area contributed by atoms with Gasteiger partial charge in [-0.15, -0.1) is 0 Å². The third-order valence-electron chi connectivity index (χ3n) is 1.63. The maximum atomic E-state index is 5.86. The van der Waals surface area contributed by atoms with E-state index in [0.717, 1.165) is 0 Å². The second kappa shape index (κ2) is 3.42. The van der Waals surface area contributed by atoms with Crippen LogP contribution in [-0.4, -0.2) is 4.83 Å². The molecular weight excluding hydrogens is 190 g/mol. The molecular formula is C9H8ClNS. The first kappa shape index (κ1) is 8.02. The van der Waals surface area contributed by atoms with Gasteiger partial charge in [0.25, 0.3) is 0 Å². The van der Waals surface area contributed by atoms with E-state index < -0.39 is 0 Å². The van der Waals surface area contributed by atoms with Gasteiger partial charge in [-0.1, -0.05) is 53.7 Å². The first-order valence-corrected chi connectivity index (χ1v) is 5.00. The Balaban J connectivity index is 2.22. The lowest BCUT2D eigenvalue weighted by Crippen LogP contribution is -2.06. The van der Waals surface area contributed by atoms with E-state index in [9.17, 15) is 0 Å². The van der Waals surface area contributed by atoms with Crippen molar-refractivity contribution in [1.82, 2.24) is 5.32 Å². The number of hydrogen-bond donors (Lipinski definition) is 1. The molecule has 62 valence electrons. The number of benzene rings is 1. The van der Waals surface area contributed by atoms with Crippen LogP contribution in [0.15, 0.2) is 36.5 Å². The second-order valence-electron chi connectivity index (χ2n) is 2.48. The Kier molecular flexibility index (Phi) is 2.28. The lowest BCUT2D eigenvalue weighted by Gasteiger charge is -2.00. The number of halogens is 1. The Morgan fingerprint density at radius 2 is 2.00 bits per heavy atom. The molecule has 1 aliphatic rings. The Morgan fingerprint density at radius 1 is 1.25 bits per heavy atom. The zero-order valence-electron chi connectivity index (χ0n) is 6.33. The SMILES string of the molecule is ClC1NC=C(c2ccccc2)S1. The van der Waals surface area contributed by atoms with Crippen LogP contribution in [0.5, 0.6) is 0 Å². The monoisotopic (exact) mass is 197 g/mol. The summed E-state index contributed by atoms with van der Waals surface area (Å²) in [6.45, 7) is 0. The van der Waals surface area contributed by atoms with E-state index in [0.29, 0.717) is 0 Å². The molecule has 0 fully saturated rings. The summed E-state index contributed by atoms with van der Waals surface area (Å²) >= 11 is 7.49. The van der Waals surface area contributed by atoms with Gasteiger partial charge in [0.1, 0.15) is 0 Å². The van der Waals surface area contributed by atoms with Crippen LogP contribution < -0.4 is 5.32 Å². The Bertz CT molecular complexity index is 297. The summed E-state index contributed by atoms with van der Waals surface area (Å²) in [6, 6.07) is 10.2. The fraction of sp³-hybridized carbons (Fsp3) is 0.111. The molecule has 2 rings (SSSR count). The van der Waals surface area contributed by atoms with Crippen molar-refractivity contribution in [3.05, 3.63) is 42.1 Å². The molecule has 1 atom stereocenters. The van der Waals surface area contributed by atoms with E-state index in [1.165, 1.54) is 10.5 Å². The zero-order chi connectivity index (χ0) is 8.39. The topological polar surface area (TPSA) is 12.0 Å². The maximum Gasteiger partial charge on any atom is 0.152 e. The second-order valence-corrected chi connectivity index (χ2v) is 4.32. The van der Waals surface area contributed by atoms with Gasteiger partial charge < -0.3 is 5.32 Å². The Morgan fingerprint density at radius 3 is 2.58 bits per heavy atom. The smallest absolute Gasteiger partial charge is 0.152 e. The largest absolute Gasteiger partial charge is 0.366 e. The molecule has 0 radical (unpaired) electrons. The van der Waals surface area contributed by atoms with Crippen LogP contribution in [-0.2, 0) is 0 Å². The summed E-state index contributed by atoms with van der Waals surface area (Å²) in [5.41, 5.74) is 1.22. The van der Waals surface area contributed by atoms with E-state index >= 15 is 0 Å². The van der Waals surface area contributed by atoms with Crippen molar-refractivity contribution < 1.29 is 0 Å². The summed E-state index contributed by atoms with van der Waals surface area (Å²) in [5, 5.41) is 3.03. The highest BCUT2D eigenvalue weighted by Gasteiger charge is 2.14. The quantitative estimate of drug-likeness (QED) is 0.549. The van der Waals surface area contributed by atoms with Gasteiger partial charge >= 0.3 is 0 Å². The van der Waals surface area contributed by atoms with E-state index in [1.807, 2.05) is 24.4 Å². The van der Waals surface area contributed by atoms with Crippen molar-refractivity contribution in [1.29, 1.82) is 0 Å². The van der Waals surface area contributed by atoms with Crippen molar-refractivity contribution in [2.75, 3.05) is 0 Å². The Labute approximate surface area is 80.8 Å². The van der Waals surface area contributed by atoms with Crippen LogP contribution in [0.3, 0.4) is 0 Å². The molecule has 0 saturated heterocycles. The number of nitrogens with one attached hydrogen (secondary N) is 1. The molecule has 0 spiro atoms. The molecule has 0 aliphatic carbocycles. The van der Waals surface area contributed by atoms with E-state index in [-0.39, 0.29) is 4.83 Å². The summed E-state index contributed by atoms with van der Waals surface area (Å²) in [7, 11) is 0. The third-order valence-corrected chi connectivity index (χ3v) is 2.98. The van der Waals surface area contributed by atoms with Crippen molar-refractivity contribution in [2.24, 2.45) is 0 Å². The molecule has 3 heteroatoms. The normalized spacial score (nSPS) is 21.8. The molecule has 1 aromatic carbocycles. The lowest BCUT2D eigenvalue weighted by atomic mass is 10.2.